The van der Waals surface area contributed by atoms with Gasteiger partial charge in [-0.05, 0) is 19.1 Å². The number of nitro groups is 1. The summed E-state index contributed by atoms with van der Waals surface area (Å²) in [6.07, 6.45) is 0. The molecule has 0 aliphatic carbocycles. The number of ether oxygens (including phenoxy) is 1. The molecule has 5 heteroatoms. The van der Waals surface area contributed by atoms with E-state index in [1.165, 1.54) is 12.1 Å². The highest BCUT2D eigenvalue weighted by Gasteiger charge is 2.16. The lowest BCUT2D eigenvalue weighted by Crippen LogP contribution is -2.01. The minimum Gasteiger partial charge on any atom is -0.475 e. The van der Waals surface area contributed by atoms with Gasteiger partial charge in [0.2, 0.25) is 5.90 Å². The molecule has 1 aliphatic heterocycles. The van der Waals surface area contributed by atoms with Crippen molar-refractivity contribution < 1.29 is 9.66 Å². The Morgan fingerprint density at radius 2 is 2.13 bits per heavy atom. The van der Waals surface area contributed by atoms with E-state index < -0.39 is 4.92 Å². The number of hydrogen-bond donors (Lipinski definition) is 0. The quantitative estimate of drug-likeness (QED) is 0.547. The first-order chi connectivity index (χ1) is 7.16. The van der Waals surface area contributed by atoms with Crippen molar-refractivity contribution in [3.63, 3.8) is 0 Å². The fourth-order valence-electron chi connectivity index (χ4n) is 1.36. The van der Waals surface area contributed by atoms with Gasteiger partial charge in [0.05, 0.1) is 11.0 Å². The largest absolute Gasteiger partial charge is 0.475 e. The number of aliphatic imine (C=N–C) groups is 1. The fraction of sp³-hybridized carbons (Fsp3) is 0.300. The molecule has 78 valence electrons. The molecule has 0 saturated carbocycles. The lowest BCUT2D eigenvalue weighted by molar-refractivity contribution is -0.384. The van der Waals surface area contributed by atoms with Crippen molar-refractivity contribution in [3.8, 4) is 0 Å². The van der Waals surface area contributed by atoms with Crippen LogP contribution in [0.3, 0.4) is 0 Å². The van der Waals surface area contributed by atoms with E-state index in [0.29, 0.717) is 12.5 Å². The maximum atomic E-state index is 10.4. The van der Waals surface area contributed by atoms with Crippen LogP contribution in [0.5, 0.6) is 0 Å². The Morgan fingerprint density at radius 3 is 2.60 bits per heavy atom. The monoisotopic (exact) mass is 206 g/mol. The molecule has 1 heterocycles. The summed E-state index contributed by atoms with van der Waals surface area (Å²) in [6.45, 7) is 2.53. The predicted octanol–water partition coefficient (Wildman–Crippen LogP) is 1.76. The van der Waals surface area contributed by atoms with Crippen LogP contribution in [0.1, 0.15) is 12.5 Å². The summed E-state index contributed by atoms with van der Waals surface area (Å²) in [4.78, 5) is 14.3. The first kappa shape index (κ1) is 9.64. The molecule has 0 bridgehead atoms. The van der Waals surface area contributed by atoms with Crippen LogP contribution in [0.25, 0.3) is 0 Å². The highest BCUT2D eigenvalue weighted by atomic mass is 16.6. The molecule has 0 amide bonds. The Kier molecular flexibility index (Phi) is 2.37. The minimum absolute atomic E-state index is 0.0744. The van der Waals surface area contributed by atoms with Gasteiger partial charge in [-0.1, -0.05) is 0 Å². The summed E-state index contributed by atoms with van der Waals surface area (Å²) in [5.74, 6) is 0.567. The number of rotatable bonds is 2. The van der Waals surface area contributed by atoms with Gasteiger partial charge in [-0.15, -0.1) is 0 Å². The Hall–Kier alpha value is -1.91. The molecule has 0 aromatic heterocycles. The molecule has 0 spiro atoms. The Balaban J connectivity index is 2.24. The van der Waals surface area contributed by atoms with Gasteiger partial charge < -0.3 is 4.74 Å². The smallest absolute Gasteiger partial charge is 0.269 e. The molecule has 0 saturated heterocycles. The molecule has 5 nitrogen and oxygen atoms in total. The zero-order valence-corrected chi connectivity index (χ0v) is 8.21. The van der Waals surface area contributed by atoms with Crippen molar-refractivity contribution >= 4 is 11.6 Å². The Bertz CT molecular complexity index is 411. The molecule has 0 N–H and O–H groups in total. The molecule has 1 unspecified atom stereocenters. The van der Waals surface area contributed by atoms with Crippen molar-refractivity contribution in [2.24, 2.45) is 4.99 Å². The second-order valence-electron chi connectivity index (χ2n) is 3.40. The highest BCUT2D eigenvalue weighted by Crippen LogP contribution is 2.16. The van der Waals surface area contributed by atoms with E-state index in [-0.39, 0.29) is 11.7 Å². The topological polar surface area (TPSA) is 64.7 Å². The highest BCUT2D eigenvalue weighted by molar-refractivity contribution is 5.95. The van der Waals surface area contributed by atoms with Gasteiger partial charge in [0.25, 0.3) is 5.69 Å². The van der Waals surface area contributed by atoms with Gasteiger partial charge >= 0.3 is 0 Å². The first-order valence-electron chi connectivity index (χ1n) is 4.62. The zero-order chi connectivity index (χ0) is 10.8. The average molecular weight is 206 g/mol. The lowest BCUT2D eigenvalue weighted by atomic mass is 10.2. The third-order valence-electron chi connectivity index (χ3n) is 2.12. The van der Waals surface area contributed by atoms with E-state index >= 15 is 0 Å². The Morgan fingerprint density at radius 1 is 1.47 bits per heavy atom. The summed E-state index contributed by atoms with van der Waals surface area (Å²) in [6, 6.07) is 6.36. The van der Waals surface area contributed by atoms with Crippen LogP contribution in [0.15, 0.2) is 29.3 Å². The normalized spacial score (nSPS) is 19.5. The number of non-ortho nitro benzene ring substituents is 1. The van der Waals surface area contributed by atoms with E-state index in [0.717, 1.165) is 5.56 Å². The van der Waals surface area contributed by atoms with Crippen LogP contribution in [0.4, 0.5) is 5.69 Å². The van der Waals surface area contributed by atoms with Gasteiger partial charge in [0.15, 0.2) is 0 Å². The molecular formula is C10H10N2O3. The van der Waals surface area contributed by atoms with Crippen LogP contribution in [0, 0.1) is 10.1 Å². The van der Waals surface area contributed by atoms with Crippen molar-refractivity contribution in [2.75, 3.05) is 6.61 Å². The number of benzene rings is 1. The molecule has 15 heavy (non-hydrogen) atoms. The van der Waals surface area contributed by atoms with Crippen LogP contribution in [-0.4, -0.2) is 23.5 Å². The van der Waals surface area contributed by atoms with Crippen LogP contribution >= 0.6 is 0 Å². The lowest BCUT2D eigenvalue weighted by Gasteiger charge is -2.00. The van der Waals surface area contributed by atoms with Crippen molar-refractivity contribution in [1.82, 2.24) is 0 Å². The summed E-state index contributed by atoms with van der Waals surface area (Å²) in [5, 5.41) is 10.4. The van der Waals surface area contributed by atoms with Crippen LogP contribution < -0.4 is 0 Å². The molecule has 0 fully saturated rings. The molecule has 0 radical (unpaired) electrons. The molecule has 1 aromatic carbocycles. The van der Waals surface area contributed by atoms with Crippen molar-refractivity contribution in [1.29, 1.82) is 0 Å². The van der Waals surface area contributed by atoms with E-state index in [9.17, 15) is 10.1 Å². The number of hydrogen-bond acceptors (Lipinski definition) is 4. The second-order valence-corrected chi connectivity index (χ2v) is 3.40. The number of nitro benzene ring substituents is 1. The SMILES string of the molecule is CC1COC(c2ccc([N+](=O)[O-])cc2)=N1. The third-order valence-corrected chi connectivity index (χ3v) is 2.12. The van der Waals surface area contributed by atoms with Crippen molar-refractivity contribution in [2.45, 2.75) is 13.0 Å². The fourth-order valence-corrected chi connectivity index (χ4v) is 1.36. The predicted molar refractivity (Wildman–Crippen MR) is 55.0 cm³/mol. The summed E-state index contributed by atoms with van der Waals surface area (Å²) < 4.78 is 5.33. The van der Waals surface area contributed by atoms with Crippen LogP contribution in [-0.2, 0) is 4.74 Å². The standard InChI is InChI=1S/C10H10N2O3/c1-7-6-15-10(11-7)8-2-4-9(5-3-8)12(13)14/h2-5,7H,6H2,1H3. The number of nitrogens with zero attached hydrogens (tertiary/aromatic N) is 2. The van der Waals surface area contributed by atoms with E-state index in [2.05, 4.69) is 4.99 Å². The maximum absolute atomic E-state index is 10.4. The summed E-state index contributed by atoms with van der Waals surface area (Å²) in [7, 11) is 0. The minimum atomic E-state index is -0.427. The summed E-state index contributed by atoms with van der Waals surface area (Å²) >= 11 is 0. The zero-order valence-electron chi connectivity index (χ0n) is 8.21. The molecule has 1 aliphatic rings. The van der Waals surface area contributed by atoms with E-state index in [4.69, 9.17) is 4.74 Å². The van der Waals surface area contributed by atoms with Gasteiger partial charge in [-0.25, -0.2) is 4.99 Å². The summed E-state index contributed by atoms with van der Waals surface area (Å²) in [5.41, 5.74) is 0.857. The molecule has 1 aromatic rings. The van der Waals surface area contributed by atoms with Crippen molar-refractivity contribution in [3.05, 3.63) is 39.9 Å². The van der Waals surface area contributed by atoms with E-state index in [1.54, 1.807) is 12.1 Å². The average Bonchev–Trinajstić information content (AvgIpc) is 2.65. The first-order valence-corrected chi connectivity index (χ1v) is 4.62. The third kappa shape index (κ3) is 1.96. The Labute approximate surface area is 86.5 Å². The van der Waals surface area contributed by atoms with Gasteiger partial charge in [0, 0.05) is 17.7 Å². The van der Waals surface area contributed by atoms with Gasteiger partial charge in [0.1, 0.15) is 6.61 Å². The maximum Gasteiger partial charge on any atom is 0.269 e. The van der Waals surface area contributed by atoms with Gasteiger partial charge in [-0.3, -0.25) is 10.1 Å². The molecule has 1 atom stereocenters. The second kappa shape index (κ2) is 3.68. The van der Waals surface area contributed by atoms with E-state index in [1.807, 2.05) is 6.92 Å². The van der Waals surface area contributed by atoms with Crippen LogP contribution in [0.2, 0.25) is 0 Å². The molecule has 2 rings (SSSR count). The van der Waals surface area contributed by atoms with Gasteiger partial charge in [-0.2, -0.15) is 0 Å². The molecular weight excluding hydrogens is 196 g/mol.